The Bertz CT molecular complexity index is 681. The predicted octanol–water partition coefficient (Wildman–Crippen LogP) is 5.73. The molecule has 1 aromatic rings. The summed E-state index contributed by atoms with van der Waals surface area (Å²) >= 11 is 18.6. The molecular formula is C19H22Cl3NO. The van der Waals surface area contributed by atoms with Gasteiger partial charge in [0.1, 0.15) is 0 Å². The zero-order valence-electron chi connectivity index (χ0n) is 14.1. The molecule has 0 aliphatic heterocycles. The van der Waals surface area contributed by atoms with Crippen molar-refractivity contribution in [3.05, 3.63) is 57.6 Å². The molecule has 0 spiro atoms. The second-order valence-electron chi connectivity index (χ2n) is 6.72. The van der Waals surface area contributed by atoms with Crippen LogP contribution in [0.5, 0.6) is 0 Å². The number of benzene rings is 1. The minimum atomic E-state index is -0.416. The van der Waals surface area contributed by atoms with Crippen molar-refractivity contribution in [3.63, 3.8) is 0 Å². The predicted molar refractivity (Wildman–Crippen MR) is 103 cm³/mol. The van der Waals surface area contributed by atoms with Crippen LogP contribution in [0.25, 0.3) is 0 Å². The maximum absolute atomic E-state index is 11.8. The van der Waals surface area contributed by atoms with Gasteiger partial charge in [0.15, 0.2) is 0 Å². The van der Waals surface area contributed by atoms with Gasteiger partial charge >= 0.3 is 0 Å². The first-order chi connectivity index (χ1) is 11.2. The van der Waals surface area contributed by atoms with Crippen LogP contribution in [0, 0.1) is 5.92 Å². The SMILES string of the molecule is CC(/C=C/[C@@]1(Cl)CC1c1ccc(Cl)c(Cl)c1)=C\C(=O)NCC(C)C. The van der Waals surface area contributed by atoms with Gasteiger partial charge < -0.3 is 5.32 Å². The molecule has 1 aliphatic carbocycles. The molecule has 0 aromatic heterocycles. The first kappa shape index (κ1) is 19.4. The largest absolute Gasteiger partial charge is 0.352 e. The summed E-state index contributed by atoms with van der Waals surface area (Å²) < 4.78 is 0. The van der Waals surface area contributed by atoms with Crippen molar-refractivity contribution in [2.75, 3.05) is 6.54 Å². The molecule has 0 heterocycles. The van der Waals surface area contributed by atoms with E-state index in [9.17, 15) is 4.79 Å². The van der Waals surface area contributed by atoms with Gasteiger partial charge in [-0.3, -0.25) is 4.79 Å². The van der Waals surface area contributed by atoms with E-state index < -0.39 is 4.87 Å². The number of hydrogen-bond acceptors (Lipinski definition) is 1. The van der Waals surface area contributed by atoms with Crippen LogP contribution in [0.2, 0.25) is 10.0 Å². The van der Waals surface area contributed by atoms with Crippen molar-refractivity contribution in [3.8, 4) is 0 Å². The fraction of sp³-hybridized carbons (Fsp3) is 0.421. The van der Waals surface area contributed by atoms with Gasteiger partial charge in [-0.25, -0.2) is 0 Å². The number of amides is 1. The number of nitrogens with one attached hydrogen (secondary N) is 1. The van der Waals surface area contributed by atoms with Crippen LogP contribution >= 0.6 is 34.8 Å². The van der Waals surface area contributed by atoms with Gasteiger partial charge in [-0.1, -0.05) is 55.3 Å². The summed E-state index contributed by atoms with van der Waals surface area (Å²) in [5, 5.41) is 3.95. The molecule has 2 rings (SSSR count). The van der Waals surface area contributed by atoms with Crippen molar-refractivity contribution < 1.29 is 4.79 Å². The Labute approximate surface area is 158 Å². The third-order valence-corrected chi connectivity index (χ3v) is 5.23. The number of carbonyl (C=O) groups is 1. The molecule has 1 aromatic carbocycles. The van der Waals surface area contributed by atoms with Crippen LogP contribution in [-0.4, -0.2) is 17.3 Å². The Morgan fingerprint density at radius 2 is 2.08 bits per heavy atom. The minimum absolute atomic E-state index is 0.0775. The van der Waals surface area contributed by atoms with Crippen LogP contribution in [0.1, 0.15) is 38.7 Å². The Kier molecular flexibility index (Phi) is 6.41. The lowest BCUT2D eigenvalue weighted by Gasteiger charge is -2.06. The molecule has 1 N–H and O–H groups in total. The smallest absolute Gasteiger partial charge is 0.244 e. The zero-order valence-corrected chi connectivity index (χ0v) is 16.3. The highest BCUT2D eigenvalue weighted by atomic mass is 35.5. The van der Waals surface area contributed by atoms with E-state index in [2.05, 4.69) is 19.2 Å². The number of alkyl halides is 1. The van der Waals surface area contributed by atoms with Gasteiger partial charge in [-0.05, 0) is 42.5 Å². The average Bonchev–Trinajstić information content (AvgIpc) is 3.18. The van der Waals surface area contributed by atoms with Gasteiger partial charge in [-0.2, -0.15) is 0 Å². The molecule has 2 atom stereocenters. The monoisotopic (exact) mass is 385 g/mol. The summed E-state index contributed by atoms with van der Waals surface area (Å²) in [4.78, 5) is 11.4. The van der Waals surface area contributed by atoms with E-state index in [4.69, 9.17) is 34.8 Å². The number of allylic oxidation sites excluding steroid dienone is 3. The Balaban J connectivity index is 1.96. The Morgan fingerprint density at radius 1 is 1.38 bits per heavy atom. The van der Waals surface area contributed by atoms with Gasteiger partial charge in [0.05, 0.1) is 14.9 Å². The average molecular weight is 387 g/mol. The highest BCUT2D eigenvalue weighted by Crippen LogP contribution is 2.58. The lowest BCUT2D eigenvalue weighted by molar-refractivity contribution is -0.116. The molecule has 1 fully saturated rings. The van der Waals surface area contributed by atoms with Crippen LogP contribution < -0.4 is 5.32 Å². The molecule has 1 amide bonds. The van der Waals surface area contributed by atoms with Crippen molar-refractivity contribution >= 4 is 40.7 Å². The molecule has 5 heteroatoms. The quantitative estimate of drug-likeness (QED) is 0.377. The van der Waals surface area contributed by atoms with E-state index in [-0.39, 0.29) is 11.8 Å². The van der Waals surface area contributed by atoms with Crippen molar-refractivity contribution in [2.45, 2.75) is 38.0 Å². The molecule has 130 valence electrons. The molecule has 24 heavy (non-hydrogen) atoms. The van der Waals surface area contributed by atoms with E-state index in [1.54, 1.807) is 12.1 Å². The Hall–Kier alpha value is -0.960. The van der Waals surface area contributed by atoms with Gasteiger partial charge in [-0.15, -0.1) is 11.6 Å². The summed E-state index contributed by atoms with van der Waals surface area (Å²) in [6.45, 7) is 6.68. The first-order valence-corrected chi connectivity index (χ1v) is 9.14. The van der Waals surface area contributed by atoms with Crippen LogP contribution in [0.4, 0.5) is 0 Å². The topological polar surface area (TPSA) is 29.1 Å². The number of halogens is 3. The molecule has 0 saturated heterocycles. The molecule has 1 aliphatic rings. The summed E-state index contributed by atoms with van der Waals surface area (Å²) in [6, 6.07) is 5.62. The van der Waals surface area contributed by atoms with Gasteiger partial charge in [0.2, 0.25) is 5.91 Å². The first-order valence-electron chi connectivity index (χ1n) is 8.00. The minimum Gasteiger partial charge on any atom is -0.352 e. The maximum Gasteiger partial charge on any atom is 0.244 e. The standard InChI is InChI=1S/C19H22Cl3NO/c1-12(2)11-23-18(24)8-13(3)6-7-19(22)10-15(19)14-4-5-16(20)17(21)9-14/h4-9,12,15H,10-11H2,1-3H3,(H,23,24)/b7-6+,13-8+/t15?,19-/m1/s1. The van der Waals surface area contributed by atoms with E-state index in [0.717, 1.165) is 17.6 Å². The van der Waals surface area contributed by atoms with Crippen molar-refractivity contribution in [2.24, 2.45) is 5.92 Å². The number of rotatable bonds is 6. The van der Waals surface area contributed by atoms with E-state index in [1.165, 1.54) is 0 Å². The third-order valence-electron chi connectivity index (χ3n) is 3.95. The number of carbonyl (C=O) groups excluding carboxylic acids is 1. The molecule has 2 nitrogen and oxygen atoms in total. The highest BCUT2D eigenvalue weighted by molar-refractivity contribution is 6.42. The zero-order chi connectivity index (χ0) is 17.9. The van der Waals surface area contributed by atoms with Crippen molar-refractivity contribution in [1.82, 2.24) is 5.32 Å². The summed E-state index contributed by atoms with van der Waals surface area (Å²) in [5.41, 5.74) is 1.96. The summed E-state index contributed by atoms with van der Waals surface area (Å²) in [6.07, 6.45) is 6.30. The fourth-order valence-corrected chi connectivity index (χ4v) is 3.09. The van der Waals surface area contributed by atoms with E-state index in [1.807, 2.05) is 31.2 Å². The van der Waals surface area contributed by atoms with Crippen molar-refractivity contribution in [1.29, 1.82) is 0 Å². The lowest BCUT2D eigenvalue weighted by atomic mass is 10.1. The molecule has 1 saturated carbocycles. The third kappa shape index (κ3) is 5.27. The van der Waals surface area contributed by atoms with Crippen LogP contribution in [0.3, 0.4) is 0 Å². The molecular weight excluding hydrogens is 365 g/mol. The molecule has 0 bridgehead atoms. The number of hydrogen-bond donors (Lipinski definition) is 1. The molecule has 1 unspecified atom stereocenters. The van der Waals surface area contributed by atoms with Gasteiger partial charge in [0, 0.05) is 18.5 Å². The molecule has 0 radical (unpaired) electrons. The van der Waals surface area contributed by atoms with E-state index >= 15 is 0 Å². The second-order valence-corrected chi connectivity index (χ2v) is 8.24. The maximum atomic E-state index is 11.8. The summed E-state index contributed by atoms with van der Waals surface area (Å²) in [7, 11) is 0. The summed E-state index contributed by atoms with van der Waals surface area (Å²) in [5.74, 6) is 0.571. The van der Waals surface area contributed by atoms with Crippen LogP contribution in [-0.2, 0) is 4.79 Å². The normalized spacial score (nSPS) is 23.8. The Morgan fingerprint density at radius 3 is 2.71 bits per heavy atom. The second kappa shape index (κ2) is 7.95. The van der Waals surface area contributed by atoms with E-state index in [0.29, 0.717) is 22.5 Å². The lowest BCUT2D eigenvalue weighted by Crippen LogP contribution is -2.25. The van der Waals surface area contributed by atoms with Crippen LogP contribution in [0.15, 0.2) is 42.0 Å². The fourth-order valence-electron chi connectivity index (χ4n) is 2.44. The highest BCUT2D eigenvalue weighted by Gasteiger charge is 2.51. The van der Waals surface area contributed by atoms with Gasteiger partial charge in [0.25, 0.3) is 0 Å².